The fourth-order valence-corrected chi connectivity index (χ4v) is 7.81. The summed E-state index contributed by atoms with van der Waals surface area (Å²) in [6.07, 6.45) is 5.98. The topological polar surface area (TPSA) is 282 Å². The number of nitrogens with two attached hydrogens (primary N) is 1. The molecule has 10 rings (SSSR count). The van der Waals surface area contributed by atoms with E-state index in [0.717, 1.165) is 87.5 Å². The van der Waals surface area contributed by atoms with Crippen LogP contribution in [-0.2, 0) is 4.74 Å². The van der Waals surface area contributed by atoms with Crippen LogP contribution in [0.5, 0.6) is 0 Å². The van der Waals surface area contributed by atoms with E-state index < -0.39 is 17.7 Å². The van der Waals surface area contributed by atoms with Crippen molar-refractivity contribution in [3.8, 4) is 22.5 Å². The molecule has 0 radical (unpaired) electrons. The number of anilines is 6. The number of nitrogens with zero attached hydrogens (tertiary/aromatic N) is 8. The number of carbonyl (C=O) groups is 3. The van der Waals surface area contributed by atoms with Gasteiger partial charge in [0.05, 0.1) is 17.4 Å². The van der Waals surface area contributed by atoms with E-state index in [1.807, 2.05) is 113 Å². The number of aromatic nitrogens is 8. The summed E-state index contributed by atoms with van der Waals surface area (Å²) in [7, 11) is 1.00. The standard InChI is InChI=1S/C27H30N8O3.C22H22N8O.CH4O/c1-16-21-12-22(33-24(21)30-15-29-16)17-5-7-18(8-6-17)31-25(36)34-23-11-20(9-10-28-23)35-13-19(14-35)32-26(37)38-27(2,3)4;1-13-18-9-19(28-21(18)26-12-25-13)14-2-4-16(5-3-14)27-22(31)29-20-8-17(6-7-24-20)30-10-15(23)11-30;1-2/h5-12,15,19H,13-14H2,1-4H3,(H,32,37)(H,29,30,33)(H2,28,31,34,36);2-9,12,15H,10-11,23H2,1H3,(H,25,26,28)(H2,24,27,29,31);2H,1H3. The van der Waals surface area contributed by atoms with Gasteiger partial charge in [-0.1, -0.05) is 24.3 Å². The molecule has 2 aromatic carbocycles. The zero-order valence-corrected chi connectivity index (χ0v) is 40.1. The summed E-state index contributed by atoms with van der Waals surface area (Å²) >= 11 is 0. The summed E-state index contributed by atoms with van der Waals surface area (Å²) in [5.74, 6) is 0.913. The third-order valence-corrected chi connectivity index (χ3v) is 11.4. The third kappa shape index (κ3) is 12.3. The van der Waals surface area contributed by atoms with E-state index in [2.05, 4.69) is 76.3 Å². The lowest BCUT2D eigenvalue weighted by Crippen LogP contribution is -2.60. The van der Waals surface area contributed by atoms with Crippen molar-refractivity contribution in [3.63, 3.8) is 0 Å². The molecule has 71 heavy (non-hydrogen) atoms. The number of aliphatic hydroxyl groups excluding tert-OH is 1. The van der Waals surface area contributed by atoms with E-state index in [-0.39, 0.29) is 18.1 Å². The largest absolute Gasteiger partial charge is 0.444 e. The Kier molecular flexibility index (Phi) is 14.6. The minimum Gasteiger partial charge on any atom is -0.444 e. The van der Waals surface area contributed by atoms with Gasteiger partial charge in [-0.2, -0.15) is 0 Å². The molecule has 21 nitrogen and oxygen atoms in total. The first-order valence-electron chi connectivity index (χ1n) is 22.8. The van der Waals surface area contributed by atoms with Gasteiger partial charge in [0, 0.05) is 109 Å². The second-order valence-electron chi connectivity index (χ2n) is 17.8. The molecule has 0 aliphatic carbocycles. The molecule has 2 fully saturated rings. The van der Waals surface area contributed by atoms with E-state index in [9.17, 15) is 14.4 Å². The van der Waals surface area contributed by atoms with Crippen LogP contribution in [0.15, 0.2) is 110 Å². The Labute approximate surface area is 409 Å². The zero-order chi connectivity index (χ0) is 50.2. The summed E-state index contributed by atoms with van der Waals surface area (Å²) in [5, 5.41) is 23.0. The fourth-order valence-electron chi connectivity index (χ4n) is 7.81. The second kappa shape index (κ2) is 21.3. The van der Waals surface area contributed by atoms with Gasteiger partial charge in [0.1, 0.15) is 41.2 Å². The molecule has 5 amide bonds. The molecule has 2 aliphatic heterocycles. The van der Waals surface area contributed by atoms with Crippen molar-refractivity contribution in [1.82, 2.24) is 45.2 Å². The van der Waals surface area contributed by atoms with E-state index in [0.29, 0.717) is 36.1 Å². The van der Waals surface area contributed by atoms with Gasteiger partial charge in [0.25, 0.3) is 0 Å². The van der Waals surface area contributed by atoms with Crippen LogP contribution in [0.1, 0.15) is 32.2 Å². The molecular formula is C50H56N16O5. The highest BCUT2D eigenvalue weighted by molar-refractivity contribution is 6.00. The number of aliphatic hydroxyl groups is 1. The van der Waals surface area contributed by atoms with Crippen LogP contribution < -0.4 is 42.1 Å². The number of aryl methyl sites for hydroxylation is 2. The number of carbonyl (C=O) groups excluding carboxylic acids is 3. The van der Waals surface area contributed by atoms with Crippen LogP contribution in [0.25, 0.3) is 44.6 Å². The first-order valence-corrected chi connectivity index (χ1v) is 22.8. The third-order valence-electron chi connectivity index (χ3n) is 11.4. The molecule has 366 valence electrons. The number of nitrogens with one attached hydrogen (secondary N) is 7. The molecule has 0 atom stereocenters. The van der Waals surface area contributed by atoms with Crippen molar-refractivity contribution < 1.29 is 24.2 Å². The van der Waals surface area contributed by atoms with Crippen molar-refractivity contribution in [1.29, 1.82) is 0 Å². The van der Waals surface area contributed by atoms with Crippen molar-refractivity contribution in [2.24, 2.45) is 5.73 Å². The number of hydrogen-bond donors (Lipinski definition) is 9. The van der Waals surface area contributed by atoms with Crippen LogP contribution in [0.3, 0.4) is 0 Å². The Balaban J connectivity index is 0.000000187. The summed E-state index contributed by atoms with van der Waals surface area (Å²) in [5.41, 5.74) is 15.8. The molecular weight excluding hydrogens is 905 g/mol. The molecule has 8 aromatic rings. The van der Waals surface area contributed by atoms with Crippen LogP contribution in [0.2, 0.25) is 0 Å². The molecule has 21 heteroatoms. The Morgan fingerprint density at radius 3 is 1.46 bits per heavy atom. The minimum atomic E-state index is -0.534. The first-order chi connectivity index (χ1) is 34.2. The van der Waals surface area contributed by atoms with Crippen molar-refractivity contribution >= 4 is 74.6 Å². The van der Waals surface area contributed by atoms with Gasteiger partial charge in [-0.25, -0.2) is 44.3 Å². The van der Waals surface area contributed by atoms with Crippen LogP contribution in [-0.4, -0.2) is 114 Å². The minimum absolute atomic E-state index is 0.00186. The Bertz CT molecular complexity index is 3140. The number of amides is 5. The van der Waals surface area contributed by atoms with Crippen LogP contribution in [0.4, 0.5) is 48.8 Å². The summed E-state index contributed by atoms with van der Waals surface area (Å²) in [4.78, 5) is 73.2. The normalized spacial score (nSPS) is 13.4. The highest BCUT2D eigenvalue weighted by Crippen LogP contribution is 2.28. The van der Waals surface area contributed by atoms with Gasteiger partial charge in [0.15, 0.2) is 0 Å². The average molecular weight is 961 g/mol. The molecule has 0 spiro atoms. The molecule has 8 heterocycles. The van der Waals surface area contributed by atoms with Gasteiger partial charge in [0.2, 0.25) is 0 Å². The Morgan fingerprint density at radius 2 is 1.06 bits per heavy atom. The zero-order valence-electron chi connectivity index (χ0n) is 40.1. The lowest BCUT2D eigenvalue weighted by Gasteiger charge is -2.41. The van der Waals surface area contributed by atoms with E-state index in [1.54, 1.807) is 31.1 Å². The lowest BCUT2D eigenvalue weighted by molar-refractivity contribution is 0.0496. The Morgan fingerprint density at radius 1 is 0.620 bits per heavy atom. The summed E-state index contributed by atoms with van der Waals surface area (Å²) < 4.78 is 5.30. The predicted octanol–water partition coefficient (Wildman–Crippen LogP) is 7.41. The highest BCUT2D eigenvalue weighted by Gasteiger charge is 2.30. The second-order valence-corrected chi connectivity index (χ2v) is 17.8. The molecule has 0 unspecified atom stereocenters. The lowest BCUT2D eigenvalue weighted by atomic mass is 10.1. The maximum Gasteiger partial charge on any atom is 0.407 e. The van der Waals surface area contributed by atoms with E-state index in [4.69, 9.17) is 15.6 Å². The quantitative estimate of drug-likeness (QED) is 0.0681. The van der Waals surface area contributed by atoms with Crippen molar-refractivity contribution in [2.45, 2.75) is 52.3 Å². The fraction of sp³-hybridized carbons (Fsp3) is 0.260. The highest BCUT2D eigenvalue weighted by atomic mass is 16.6. The number of urea groups is 2. The SMILES string of the molecule is CO.Cc1ncnc2[nH]c(-c3ccc(NC(=O)Nc4cc(N5CC(N)C5)ccn4)cc3)cc12.Cc1ncnc2[nH]c(-c3ccc(NC(=O)Nc4cc(N5CC(NC(=O)OC(C)(C)C)C5)ccn4)cc3)cc12. The molecule has 6 aromatic heterocycles. The van der Waals surface area contributed by atoms with Crippen molar-refractivity contribution in [3.05, 3.63) is 121 Å². The first kappa shape index (κ1) is 48.8. The number of aromatic amines is 2. The number of ether oxygens (including phenoxy) is 1. The van der Waals surface area contributed by atoms with Crippen molar-refractivity contribution in [2.75, 3.05) is 64.4 Å². The molecule has 10 N–H and O–H groups in total. The monoisotopic (exact) mass is 960 g/mol. The van der Waals surface area contributed by atoms with E-state index >= 15 is 0 Å². The van der Waals surface area contributed by atoms with Gasteiger partial charge in [-0.15, -0.1) is 0 Å². The molecule has 2 saturated heterocycles. The number of pyridine rings is 2. The number of alkyl carbamates (subject to hydrolysis) is 1. The number of hydrogen-bond acceptors (Lipinski definition) is 14. The van der Waals surface area contributed by atoms with Gasteiger partial charge in [-0.3, -0.25) is 10.6 Å². The number of fused-ring (bicyclic) bond motifs is 2. The van der Waals surface area contributed by atoms with Crippen LogP contribution >= 0.6 is 0 Å². The molecule has 0 saturated carbocycles. The molecule has 2 aliphatic rings. The van der Waals surface area contributed by atoms with Crippen LogP contribution in [0, 0.1) is 13.8 Å². The van der Waals surface area contributed by atoms with E-state index in [1.165, 1.54) is 0 Å². The van der Waals surface area contributed by atoms with Gasteiger partial charge >= 0.3 is 18.2 Å². The average Bonchev–Trinajstić information content (AvgIpc) is 3.97. The number of H-pyrrole nitrogens is 2. The summed E-state index contributed by atoms with van der Waals surface area (Å²) in [6.45, 7) is 12.3. The smallest absolute Gasteiger partial charge is 0.407 e. The number of rotatable bonds is 9. The van der Waals surface area contributed by atoms with Gasteiger partial charge in [-0.05, 0) is 94.3 Å². The van der Waals surface area contributed by atoms with Gasteiger partial charge < -0.3 is 51.3 Å². The summed E-state index contributed by atoms with van der Waals surface area (Å²) in [6, 6.07) is 26.0. The number of benzene rings is 2. The maximum absolute atomic E-state index is 12.6. The maximum atomic E-state index is 12.6. The Hall–Kier alpha value is -8.69. The molecule has 0 bridgehead atoms. The predicted molar refractivity (Wildman–Crippen MR) is 276 cm³/mol.